The maximum absolute atomic E-state index is 13.8. The van der Waals surface area contributed by atoms with Crippen LogP contribution in [0, 0.1) is 6.92 Å². The van der Waals surface area contributed by atoms with Gasteiger partial charge in [0.25, 0.3) is 5.91 Å². The van der Waals surface area contributed by atoms with Gasteiger partial charge in [-0.15, -0.1) is 11.8 Å². The number of rotatable bonds is 10. The van der Waals surface area contributed by atoms with Crippen molar-refractivity contribution in [3.05, 3.63) is 107 Å². The molecule has 0 radical (unpaired) electrons. The summed E-state index contributed by atoms with van der Waals surface area (Å²) in [5, 5.41) is 16.9. The number of nitrogens with zero attached hydrogens (tertiary/aromatic N) is 1. The summed E-state index contributed by atoms with van der Waals surface area (Å²) in [4.78, 5) is 41.7. The number of aliphatic hydroxyl groups excluding tert-OH is 1. The van der Waals surface area contributed by atoms with E-state index in [0.29, 0.717) is 5.56 Å². The summed E-state index contributed by atoms with van der Waals surface area (Å²) in [7, 11) is 0. The molecule has 46 heavy (non-hydrogen) atoms. The molecule has 12 heteroatoms. The van der Waals surface area contributed by atoms with Crippen molar-refractivity contribution in [3.8, 4) is 0 Å². The van der Waals surface area contributed by atoms with Gasteiger partial charge in [0, 0.05) is 11.3 Å². The fourth-order valence-electron chi connectivity index (χ4n) is 5.33. The standard InChI is InChI=1S/C34H38F3N3O5S/c1-21-11-8-9-14-25(21)19-38-30(42)29-33(3,4)46-20-40(29)31(43)28(41)27(17-23-12-6-5-7-13-23)39-32(44)45-22(2)24-15-10-16-26(18-24)34(35,36)37/h5-16,18,22,27-29,41H,17,19-20H2,1-4H3,(H,38,42)(H,39,44)/t22?,27-,28-,29+/m0/s1. The molecule has 1 aliphatic rings. The highest BCUT2D eigenvalue weighted by Crippen LogP contribution is 2.40. The fourth-order valence-corrected chi connectivity index (χ4v) is 6.47. The molecule has 1 fully saturated rings. The van der Waals surface area contributed by atoms with Gasteiger partial charge in [0.1, 0.15) is 12.1 Å². The van der Waals surface area contributed by atoms with E-state index in [1.54, 1.807) is 30.3 Å². The van der Waals surface area contributed by atoms with E-state index >= 15 is 0 Å². The predicted octanol–water partition coefficient (Wildman–Crippen LogP) is 5.77. The van der Waals surface area contributed by atoms with E-state index < -0.39 is 52.8 Å². The van der Waals surface area contributed by atoms with E-state index in [4.69, 9.17) is 4.74 Å². The second-order valence-corrected chi connectivity index (χ2v) is 13.4. The Labute approximate surface area is 270 Å². The largest absolute Gasteiger partial charge is 0.442 e. The van der Waals surface area contributed by atoms with Gasteiger partial charge in [-0.2, -0.15) is 13.2 Å². The lowest BCUT2D eigenvalue weighted by molar-refractivity contribution is -0.147. The van der Waals surface area contributed by atoms with E-state index in [-0.39, 0.29) is 30.3 Å². The highest BCUT2D eigenvalue weighted by Gasteiger charge is 2.49. The van der Waals surface area contributed by atoms with Crippen molar-refractivity contribution in [3.63, 3.8) is 0 Å². The van der Waals surface area contributed by atoms with Crippen LogP contribution < -0.4 is 10.6 Å². The van der Waals surface area contributed by atoms with Crippen LogP contribution in [0.3, 0.4) is 0 Å². The zero-order chi connectivity index (χ0) is 33.6. The average molecular weight is 658 g/mol. The quantitative estimate of drug-likeness (QED) is 0.256. The summed E-state index contributed by atoms with van der Waals surface area (Å²) in [6.45, 7) is 7.32. The number of aryl methyl sites for hydroxylation is 1. The molecular weight excluding hydrogens is 619 g/mol. The third kappa shape index (κ3) is 8.61. The number of carbonyl (C=O) groups is 3. The number of carbonyl (C=O) groups excluding carboxylic acids is 3. The Balaban J connectivity index is 1.50. The van der Waals surface area contributed by atoms with Crippen LogP contribution in [0.4, 0.5) is 18.0 Å². The van der Waals surface area contributed by atoms with Crippen LogP contribution in [0.15, 0.2) is 78.9 Å². The number of thioether (sulfide) groups is 1. The van der Waals surface area contributed by atoms with Crippen molar-refractivity contribution in [1.82, 2.24) is 15.5 Å². The van der Waals surface area contributed by atoms with Gasteiger partial charge < -0.3 is 25.4 Å². The molecule has 4 rings (SSSR count). The van der Waals surface area contributed by atoms with Crippen LogP contribution >= 0.6 is 11.8 Å². The van der Waals surface area contributed by atoms with Gasteiger partial charge in [0.15, 0.2) is 6.10 Å². The minimum absolute atomic E-state index is 0.0370. The smallest absolute Gasteiger partial charge is 0.416 e. The molecule has 0 bridgehead atoms. The number of hydrogen-bond acceptors (Lipinski definition) is 6. The fraction of sp³-hybridized carbons (Fsp3) is 0.382. The van der Waals surface area contributed by atoms with Crippen molar-refractivity contribution < 1.29 is 37.4 Å². The molecule has 3 N–H and O–H groups in total. The zero-order valence-corrected chi connectivity index (χ0v) is 26.8. The lowest BCUT2D eigenvalue weighted by Gasteiger charge is -2.33. The molecule has 246 valence electrons. The number of alkyl halides is 3. The molecule has 8 nitrogen and oxygen atoms in total. The van der Waals surface area contributed by atoms with Crippen molar-refractivity contribution in [1.29, 1.82) is 0 Å². The molecule has 0 saturated carbocycles. The lowest BCUT2D eigenvalue weighted by Crippen LogP contribution is -2.58. The summed E-state index contributed by atoms with van der Waals surface area (Å²) in [6.07, 6.45) is -8.39. The predicted molar refractivity (Wildman–Crippen MR) is 170 cm³/mol. The van der Waals surface area contributed by atoms with E-state index in [2.05, 4.69) is 10.6 Å². The van der Waals surface area contributed by atoms with Crippen LogP contribution in [0.25, 0.3) is 0 Å². The number of ether oxygens (including phenoxy) is 1. The summed E-state index contributed by atoms with van der Waals surface area (Å²) < 4.78 is 44.4. The van der Waals surface area contributed by atoms with Crippen molar-refractivity contribution in [2.75, 3.05) is 5.88 Å². The Morgan fingerprint density at radius 2 is 1.72 bits per heavy atom. The molecule has 4 atom stereocenters. The Morgan fingerprint density at radius 1 is 1.04 bits per heavy atom. The molecule has 1 unspecified atom stereocenters. The first-order valence-corrected chi connectivity index (χ1v) is 15.8. The number of halogens is 3. The Bertz CT molecular complexity index is 1540. The average Bonchev–Trinajstić information content (AvgIpc) is 3.34. The van der Waals surface area contributed by atoms with E-state index in [0.717, 1.165) is 23.3 Å². The second kappa shape index (κ2) is 14.6. The molecule has 0 aromatic heterocycles. The van der Waals surface area contributed by atoms with Crippen molar-refractivity contribution in [2.45, 2.75) is 75.9 Å². The molecular formula is C34H38F3N3O5S. The van der Waals surface area contributed by atoms with E-state index in [9.17, 15) is 32.7 Å². The van der Waals surface area contributed by atoms with Crippen LogP contribution in [-0.2, 0) is 33.5 Å². The first-order valence-electron chi connectivity index (χ1n) is 14.8. The van der Waals surface area contributed by atoms with Gasteiger partial charge in [-0.1, -0.05) is 66.7 Å². The van der Waals surface area contributed by atoms with Crippen LogP contribution in [-0.4, -0.2) is 56.7 Å². The minimum Gasteiger partial charge on any atom is -0.442 e. The monoisotopic (exact) mass is 657 g/mol. The maximum atomic E-state index is 13.8. The van der Waals surface area contributed by atoms with Crippen LogP contribution in [0.2, 0.25) is 0 Å². The third-order valence-corrected chi connectivity index (χ3v) is 9.37. The topological polar surface area (TPSA) is 108 Å². The highest BCUT2D eigenvalue weighted by molar-refractivity contribution is 8.00. The van der Waals surface area contributed by atoms with Crippen LogP contribution in [0.1, 0.15) is 54.7 Å². The Hall–Kier alpha value is -4.03. The number of alkyl carbamates (subject to hydrolysis) is 1. The molecule has 0 spiro atoms. The first-order chi connectivity index (χ1) is 21.7. The molecule has 3 aromatic carbocycles. The summed E-state index contributed by atoms with van der Waals surface area (Å²) >= 11 is 1.39. The number of benzene rings is 3. The number of amides is 3. The maximum Gasteiger partial charge on any atom is 0.416 e. The van der Waals surface area contributed by atoms with Crippen molar-refractivity contribution in [2.24, 2.45) is 0 Å². The van der Waals surface area contributed by atoms with E-state index in [1.807, 2.05) is 45.0 Å². The molecule has 0 aliphatic carbocycles. The number of hydrogen-bond donors (Lipinski definition) is 3. The Morgan fingerprint density at radius 3 is 2.39 bits per heavy atom. The lowest BCUT2D eigenvalue weighted by atomic mass is 9.97. The third-order valence-electron chi connectivity index (χ3n) is 7.99. The summed E-state index contributed by atoms with van der Waals surface area (Å²) in [5.41, 5.74) is 1.89. The summed E-state index contributed by atoms with van der Waals surface area (Å²) in [5.74, 6) is -0.984. The van der Waals surface area contributed by atoms with E-state index in [1.165, 1.54) is 35.7 Å². The molecule has 1 heterocycles. The van der Waals surface area contributed by atoms with Gasteiger partial charge in [0.05, 0.1) is 17.5 Å². The van der Waals surface area contributed by atoms with Gasteiger partial charge in [0.2, 0.25) is 5.91 Å². The molecule has 3 amide bonds. The molecule has 1 saturated heterocycles. The number of nitrogens with one attached hydrogen (secondary N) is 2. The summed E-state index contributed by atoms with van der Waals surface area (Å²) in [6, 6.07) is 18.8. The van der Waals surface area contributed by atoms with Gasteiger partial charge in [-0.05, 0) is 68.5 Å². The van der Waals surface area contributed by atoms with Gasteiger partial charge in [-0.3, -0.25) is 9.59 Å². The van der Waals surface area contributed by atoms with Crippen molar-refractivity contribution >= 4 is 29.7 Å². The normalized spacial score (nSPS) is 17.9. The first kappa shape index (κ1) is 34.8. The van der Waals surface area contributed by atoms with Gasteiger partial charge >= 0.3 is 12.3 Å². The second-order valence-electron chi connectivity index (χ2n) is 11.8. The number of aliphatic hydroxyl groups is 1. The van der Waals surface area contributed by atoms with Crippen LogP contribution in [0.5, 0.6) is 0 Å². The molecule has 3 aromatic rings. The SMILES string of the molecule is Cc1ccccc1CNC(=O)[C@H]1N(C(=O)[C@@H](O)[C@H](Cc2ccccc2)NC(=O)OC(C)c2cccc(C(F)(F)F)c2)CSC1(C)C. The van der Waals surface area contributed by atoms with Gasteiger partial charge in [-0.25, -0.2) is 4.79 Å². The Kier molecular flexibility index (Phi) is 11.1. The molecule has 1 aliphatic heterocycles. The zero-order valence-electron chi connectivity index (χ0n) is 26.0. The minimum atomic E-state index is -4.57. The highest BCUT2D eigenvalue weighted by atomic mass is 32.2.